The predicted molar refractivity (Wildman–Crippen MR) is 121 cm³/mol. The van der Waals surface area contributed by atoms with Crippen molar-refractivity contribution in [2.24, 2.45) is 5.41 Å². The first kappa shape index (κ1) is 21.5. The molecule has 3 aromatic rings. The number of nitrogens with two attached hydrogens (primary N) is 1. The molecule has 9 heteroatoms. The number of anilines is 1. The summed E-state index contributed by atoms with van der Waals surface area (Å²) >= 11 is 12.4. The van der Waals surface area contributed by atoms with Crippen LogP contribution in [0.2, 0.25) is 10.0 Å². The van der Waals surface area contributed by atoms with E-state index in [-0.39, 0.29) is 16.3 Å². The van der Waals surface area contributed by atoms with Gasteiger partial charge in [-0.3, -0.25) is 4.68 Å². The largest absolute Gasteiger partial charge is 0.482 e. The van der Waals surface area contributed by atoms with Gasteiger partial charge >= 0.3 is 0 Å². The Bertz CT molecular complexity index is 1160. The third-order valence-electron chi connectivity index (χ3n) is 6.45. The van der Waals surface area contributed by atoms with Crippen molar-refractivity contribution >= 4 is 29.0 Å². The number of nitrogens with zero attached hydrogens (tertiary/aromatic N) is 3. The monoisotopic (exact) mass is 476 g/mol. The van der Waals surface area contributed by atoms with Gasteiger partial charge in [-0.2, -0.15) is 5.10 Å². The van der Waals surface area contributed by atoms with Crippen LogP contribution in [-0.2, 0) is 4.74 Å². The van der Waals surface area contributed by atoms with E-state index < -0.39 is 11.9 Å². The number of hydrogen-bond acceptors (Lipinski definition) is 5. The molecule has 1 saturated carbocycles. The van der Waals surface area contributed by atoms with E-state index >= 15 is 0 Å². The van der Waals surface area contributed by atoms with E-state index in [4.69, 9.17) is 38.4 Å². The maximum atomic E-state index is 13.9. The van der Waals surface area contributed by atoms with Crippen LogP contribution >= 0.6 is 23.2 Å². The molecule has 0 amide bonds. The lowest BCUT2D eigenvalue weighted by molar-refractivity contribution is 0.00439. The lowest BCUT2D eigenvalue weighted by Gasteiger charge is -2.31. The van der Waals surface area contributed by atoms with Crippen LogP contribution in [0.1, 0.15) is 43.9 Å². The van der Waals surface area contributed by atoms with Gasteiger partial charge in [0, 0.05) is 46.1 Å². The van der Waals surface area contributed by atoms with Gasteiger partial charge in [0.25, 0.3) is 0 Å². The average Bonchev–Trinajstić information content (AvgIpc) is 3.35. The summed E-state index contributed by atoms with van der Waals surface area (Å²) in [6.07, 6.45) is 8.23. The maximum absolute atomic E-state index is 13.9. The van der Waals surface area contributed by atoms with Gasteiger partial charge in [-0.25, -0.2) is 9.37 Å². The average molecular weight is 477 g/mol. The summed E-state index contributed by atoms with van der Waals surface area (Å²) in [6.45, 7) is 3.29. The molecule has 2 N–H and O–H groups in total. The van der Waals surface area contributed by atoms with Crippen LogP contribution in [0.25, 0.3) is 11.1 Å². The lowest BCUT2D eigenvalue weighted by atomic mass is 9.93. The number of halogens is 3. The molecule has 1 aliphatic heterocycles. The molecule has 0 bridgehead atoms. The lowest BCUT2D eigenvalue weighted by Crippen LogP contribution is -2.31. The first-order chi connectivity index (χ1) is 15.4. The molecule has 2 atom stereocenters. The van der Waals surface area contributed by atoms with Crippen LogP contribution in [-0.4, -0.2) is 28.0 Å². The molecule has 3 heterocycles. The van der Waals surface area contributed by atoms with E-state index in [0.29, 0.717) is 22.4 Å². The highest BCUT2D eigenvalue weighted by atomic mass is 35.5. The zero-order valence-electron chi connectivity index (χ0n) is 17.5. The van der Waals surface area contributed by atoms with Gasteiger partial charge in [0.15, 0.2) is 11.6 Å². The van der Waals surface area contributed by atoms with Gasteiger partial charge in [-0.15, -0.1) is 0 Å². The van der Waals surface area contributed by atoms with Gasteiger partial charge in [-0.1, -0.05) is 23.2 Å². The fourth-order valence-electron chi connectivity index (χ4n) is 4.45. The minimum Gasteiger partial charge on any atom is -0.482 e. The van der Waals surface area contributed by atoms with Crippen molar-refractivity contribution < 1.29 is 13.9 Å². The van der Waals surface area contributed by atoms with Gasteiger partial charge < -0.3 is 15.2 Å². The molecule has 5 rings (SSSR count). The molecule has 32 heavy (non-hydrogen) atoms. The van der Waals surface area contributed by atoms with Crippen molar-refractivity contribution in [2.45, 2.75) is 38.3 Å². The summed E-state index contributed by atoms with van der Waals surface area (Å²) in [4.78, 5) is 4.28. The highest BCUT2D eigenvalue weighted by Gasteiger charge is 2.52. The molecule has 1 aromatic carbocycles. The number of aromatic nitrogens is 3. The fourth-order valence-corrected chi connectivity index (χ4v) is 5.13. The highest BCUT2D eigenvalue weighted by molar-refractivity contribution is 6.36. The number of nitrogen functional groups attached to an aromatic ring is 1. The van der Waals surface area contributed by atoms with Crippen molar-refractivity contribution in [2.75, 3.05) is 18.9 Å². The smallest absolute Gasteiger partial charge is 0.166 e. The third-order valence-corrected chi connectivity index (χ3v) is 7.16. The van der Waals surface area contributed by atoms with Crippen molar-refractivity contribution in [1.29, 1.82) is 0 Å². The Labute approximate surface area is 195 Å². The molecule has 2 fully saturated rings. The molecule has 1 aliphatic carbocycles. The fraction of sp³-hybridized carbons (Fsp3) is 0.391. The number of hydrogen-bond donors (Lipinski definition) is 1. The van der Waals surface area contributed by atoms with Gasteiger partial charge in [0.05, 0.1) is 23.9 Å². The SMILES string of the molecule is C[C@@H](Oc1cc(-c2cnn(C3CCOCC34CC4)c2)cnc1N)c1c(Cl)ccc(F)c1Cl. The van der Waals surface area contributed by atoms with Crippen molar-refractivity contribution in [3.63, 3.8) is 0 Å². The Kier molecular flexibility index (Phi) is 5.51. The Hall–Kier alpha value is -2.35. The summed E-state index contributed by atoms with van der Waals surface area (Å²) in [5.74, 6) is 0.0252. The predicted octanol–water partition coefficient (Wildman–Crippen LogP) is 5.85. The topological polar surface area (TPSA) is 75.2 Å². The van der Waals surface area contributed by atoms with Crippen LogP contribution in [0.15, 0.2) is 36.8 Å². The zero-order valence-corrected chi connectivity index (χ0v) is 19.0. The number of ether oxygens (including phenoxy) is 2. The Morgan fingerprint density at radius 1 is 1.28 bits per heavy atom. The van der Waals surface area contributed by atoms with E-state index in [1.165, 1.54) is 25.0 Å². The first-order valence-corrected chi connectivity index (χ1v) is 11.3. The molecule has 1 saturated heterocycles. The summed E-state index contributed by atoms with van der Waals surface area (Å²) in [7, 11) is 0. The van der Waals surface area contributed by atoms with Crippen LogP contribution in [0.5, 0.6) is 5.75 Å². The second-order valence-corrected chi connectivity index (χ2v) is 9.34. The summed E-state index contributed by atoms with van der Waals surface area (Å²) in [5.41, 5.74) is 8.38. The van der Waals surface area contributed by atoms with E-state index in [9.17, 15) is 4.39 Å². The molecule has 1 spiro atoms. The quantitative estimate of drug-likeness (QED) is 0.467. The standard InChI is InChI=1S/C23H23Cl2FN4O2/c1-13(20-16(24)2-3-17(26)21(20)25)32-18-8-14(9-28-22(18)27)15-10-29-30(11-15)19-4-7-31-12-23(19)5-6-23/h2-3,8-11,13,19H,4-7,12H2,1H3,(H2,27,28)/t13-,19?/m1/s1. The van der Waals surface area contributed by atoms with Gasteiger partial charge in [-0.05, 0) is 44.4 Å². The Balaban J connectivity index is 1.40. The van der Waals surface area contributed by atoms with Crippen LogP contribution in [0, 0.1) is 11.2 Å². The first-order valence-electron chi connectivity index (χ1n) is 10.6. The number of rotatable bonds is 5. The van der Waals surface area contributed by atoms with Crippen LogP contribution in [0.3, 0.4) is 0 Å². The molecule has 2 aromatic heterocycles. The van der Waals surface area contributed by atoms with E-state index in [0.717, 1.165) is 30.8 Å². The second kappa shape index (κ2) is 8.21. The Morgan fingerprint density at radius 3 is 2.88 bits per heavy atom. The molecule has 1 unspecified atom stereocenters. The second-order valence-electron chi connectivity index (χ2n) is 8.55. The Morgan fingerprint density at radius 2 is 2.09 bits per heavy atom. The number of benzene rings is 1. The van der Waals surface area contributed by atoms with Gasteiger partial charge in [0.1, 0.15) is 11.9 Å². The van der Waals surface area contributed by atoms with Crippen molar-refractivity contribution in [3.8, 4) is 16.9 Å². The molecule has 6 nitrogen and oxygen atoms in total. The van der Waals surface area contributed by atoms with Gasteiger partial charge in [0.2, 0.25) is 0 Å². The third kappa shape index (κ3) is 3.83. The minimum absolute atomic E-state index is 0.0700. The summed E-state index contributed by atoms with van der Waals surface area (Å²) in [5, 5.41) is 4.88. The van der Waals surface area contributed by atoms with Crippen molar-refractivity contribution in [1.82, 2.24) is 14.8 Å². The van der Waals surface area contributed by atoms with Crippen LogP contribution in [0.4, 0.5) is 10.2 Å². The molecule has 168 valence electrons. The van der Waals surface area contributed by atoms with E-state index in [1.54, 1.807) is 19.2 Å². The zero-order chi connectivity index (χ0) is 22.5. The van der Waals surface area contributed by atoms with E-state index in [1.807, 2.05) is 12.4 Å². The molecular formula is C23H23Cl2FN4O2. The maximum Gasteiger partial charge on any atom is 0.166 e. The summed E-state index contributed by atoms with van der Waals surface area (Å²) < 4.78 is 27.7. The molecule has 0 radical (unpaired) electrons. The minimum atomic E-state index is -0.635. The van der Waals surface area contributed by atoms with Crippen molar-refractivity contribution in [3.05, 3.63) is 58.2 Å². The number of pyridine rings is 1. The van der Waals surface area contributed by atoms with E-state index in [2.05, 4.69) is 14.8 Å². The molecule has 2 aliphatic rings. The highest BCUT2D eigenvalue weighted by Crippen LogP contribution is 2.57. The molecular weight excluding hydrogens is 454 g/mol. The summed E-state index contributed by atoms with van der Waals surface area (Å²) in [6, 6.07) is 4.82. The normalized spacial score (nSPS) is 20.3. The van der Waals surface area contributed by atoms with Crippen LogP contribution < -0.4 is 10.5 Å².